The first-order chi connectivity index (χ1) is 15.4. The molecule has 0 unspecified atom stereocenters. The van der Waals surface area contributed by atoms with Gasteiger partial charge in [0.2, 0.25) is 0 Å². The third-order valence-electron chi connectivity index (χ3n) is 4.97. The molecule has 0 spiro atoms. The zero-order valence-corrected chi connectivity index (χ0v) is 17.4. The third kappa shape index (κ3) is 7.88. The van der Waals surface area contributed by atoms with Gasteiger partial charge in [-0.25, -0.2) is 0 Å². The fourth-order valence-corrected chi connectivity index (χ4v) is 3.06. The van der Waals surface area contributed by atoms with Crippen LogP contribution in [0.2, 0.25) is 0 Å². The van der Waals surface area contributed by atoms with Crippen LogP contribution >= 0.6 is 0 Å². The molecule has 32 heavy (non-hydrogen) atoms. The molecule has 1 aliphatic heterocycles. The van der Waals surface area contributed by atoms with Crippen molar-refractivity contribution in [3.8, 4) is 5.75 Å². The number of alkyl halides is 3. The second kappa shape index (κ2) is 11.5. The standard InChI is InChI=1S/C23H25F3N2O4/c24-23(25,26)20-5-1-19(2-6-20)15-32-28-14-17-3-7-21(8-4-17)31-16-22(29)27-13-18-9-11-30-12-10-18/h1-8,14,18H,9-13,15-16H2,(H,27,29)/b28-14+. The number of carbonyl (C=O) groups is 1. The molecule has 172 valence electrons. The monoisotopic (exact) mass is 450 g/mol. The molecule has 1 heterocycles. The van der Waals surface area contributed by atoms with Crippen LogP contribution in [0.15, 0.2) is 53.7 Å². The molecule has 1 fully saturated rings. The fraction of sp³-hybridized carbons (Fsp3) is 0.391. The lowest BCUT2D eigenvalue weighted by Gasteiger charge is -2.22. The Kier molecular flexibility index (Phi) is 8.49. The van der Waals surface area contributed by atoms with Gasteiger partial charge in [0.25, 0.3) is 5.91 Å². The molecular weight excluding hydrogens is 425 g/mol. The van der Waals surface area contributed by atoms with Gasteiger partial charge in [-0.2, -0.15) is 13.2 Å². The lowest BCUT2D eigenvalue weighted by Crippen LogP contribution is -2.35. The molecule has 1 N–H and O–H groups in total. The number of amides is 1. The van der Waals surface area contributed by atoms with Crippen molar-refractivity contribution in [1.29, 1.82) is 0 Å². The van der Waals surface area contributed by atoms with Crippen LogP contribution < -0.4 is 10.1 Å². The Morgan fingerprint density at radius 2 is 1.78 bits per heavy atom. The SMILES string of the molecule is O=C(COc1ccc(/C=N/OCc2ccc(C(F)(F)F)cc2)cc1)NCC1CCOCC1. The molecule has 9 heteroatoms. The Bertz CT molecular complexity index is 878. The lowest BCUT2D eigenvalue weighted by molar-refractivity contribution is -0.137. The number of hydrogen-bond acceptors (Lipinski definition) is 5. The predicted molar refractivity (Wildman–Crippen MR) is 112 cm³/mol. The average molecular weight is 450 g/mol. The second-order valence-electron chi connectivity index (χ2n) is 7.42. The molecule has 0 atom stereocenters. The van der Waals surface area contributed by atoms with E-state index in [1.165, 1.54) is 18.3 Å². The van der Waals surface area contributed by atoms with E-state index in [4.69, 9.17) is 14.3 Å². The molecule has 3 rings (SSSR count). The number of rotatable bonds is 9. The highest BCUT2D eigenvalue weighted by atomic mass is 19.4. The van der Waals surface area contributed by atoms with E-state index in [9.17, 15) is 18.0 Å². The number of halogens is 3. The fourth-order valence-electron chi connectivity index (χ4n) is 3.06. The van der Waals surface area contributed by atoms with Crippen LogP contribution in [-0.2, 0) is 27.2 Å². The van der Waals surface area contributed by atoms with Gasteiger partial charge in [0.05, 0.1) is 11.8 Å². The van der Waals surface area contributed by atoms with Crippen LogP contribution in [0.25, 0.3) is 0 Å². The summed E-state index contributed by atoms with van der Waals surface area (Å²) >= 11 is 0. The highest BCUT2D eigenvalue weighted by Crippen LogP contribution is 2.29. The highest BCUT2D eigenvalue weighted by Gasteiger charge is 2.29. The molecule has 1 amide bonds. The summed E-state index contributed by atoms with van der Waals surface area (Å²) in [6.07, 6.45) is -0.965. The van der Waals surface area contributed by atoms with Gasteiger partial charge in [-0.15, -0.1) is 0 Å². The van der Waals surface area contributed by atoms with Crippen molar-refractivity contribution in [2.45, 2.75) is 25.6 Å². The zero-order chi connectivity index (χ0) is 22.8. The molecule has 6 nitrogen and oxygen atoms in total. The Hall–Kier alpha value is -3.07. The number of hydrogen-bond donors (Lipinski definition) is 1. The first-order valence-electron chi connectivity index (χ1n) is 10.3. The zero-order valence-electron chi connectivity index (χ0n) is 17.4. The summed E-state index contributed by atoms with van der Waals surface area (Å²) in [4.78, 5) is 17.1. The van der Waals surface area contributed by atoms with Gasteiger partial charge in [0.15, 0.2) is 6.61 Å². The predicted octanol–water partition coefficient (Wildman–Crippen LogP) is 4.18. The van der Waals surface area contributed by atoms with Crippen LogP contribution in [0.1, 0.15) is 29.5 Å². The Morgan fingerprint density at radius 1 is 1.09 bits per heavy atom. The van der Waals surface area contributed by atoms with Crippen LogP contribution in [-0.4, -0.2) is 38.5 Å². The number of nitrogens with one attached hydrogen (secondary N) is 1. The van der Waals surface area contributed by atoms with E-state index >= 15 is 0 Å². The van der Waals surface area contributed by atoms with E-state index < -0.39 is 11.7 Å². The maximum atomic E-state index is 12.5. The van der Waals surface area contributed by atoms with Crippen LogP contribution in [0.4, 0.5) is 13.2 Å². The second-order valence-corrected chi connectivity index (χ2v) is 7.42. The minimum Gasteiger partial charge on any atom is -0.484 e. The minimum atomic E-state index is -4.36. The summed E-state index contributed by atoms with van der Waals surface area (Å²) in [5.41, 5.74) is 0.617. The molecule has 0 bridgehead atoms. The lowest BCUT2D eigenvalue weighted by atomic mass is 10.0. The van der Waals surface area contributed by atoms with Crippen LogP contribution in [0, 0.1) is 5.92 Å². The van der Waals surface area contributed by atoms with Crippen molar-refractivity contribution >= 4 is 12.1 Å². The maximum absolute atomic E-state index is 12.5. The molecule has 0 radical (unpaired) electrons. The molecular formula is C23H25F3N2O4. The van der Waals surface area contributed by atoms with E-state index in [1.54, 1.807) is 24.3 Å². The van der Waals surface area contributed by atoms with E-state index in [0.29, 0.717) is 23.8 Å². The van der Waals surface area contributed by atoms with E-state index in [1.807, 2.05) is 0 Å². The Labute approximate surface area is 184 Å². The maximum Gasteiger partial charge on any atom is 0.416 e. The van der Waals surface area contributed by atoms with Gasteiger partial charge < -0.3 is 19.6 Å². The Morgan fingerprint density at radius 3 is 2.44 bits per heavy atom. The highest BCUT2D eigenvalue weighted by molar-refractivity contribution is 5.79. The normalized spacial score (nSPS) is 15.0. The summed E-state index contributed by atoms with van der Waals surface area (Å²) in [6, 6.07) is 11.6. The quantitative estimate of drug-likeness (QED) is 0.460. The minimum absolute atomic E-state index is 0.0544. The van der Waals surface area contributed by atoms with Crippen molar-refractivity contribution in [3.63, 3.8) is 0 Å². The van der Waals surface area contributed by atoms with Crippen molar-refractivity contribution in [3.05, 3.63) is 65.2 Å². The van der Waals surface area contributed by atoms with Crippen molar-refractivity contribution in [2.75, 3.05) is 26.4 Å². The number of ether oxygens (including phenoxy) is 2. The molecule has 2 aromatic carbocycles. The Balaban J connectivity index is 1.35. The summed E-state index contributed by atoms with van der Waals surface area (Å²) in [6.45, 7) is 2.11. The topological polar surface area (TPSA) is 69.2 Å². The first kappa shape index (κ1) is 23.6. The third-order valence-corrected chi connectivity index (χ3v) is 4.97. The van der Waals surface area contributed by atoms with E-state index in [-0.39, 0.29) is 19.1 Å². The van der Waals surface area contributed by atoms with Gasteiger partial charge in [-0.3, -0.25) is 4.79 Å². The van der Waals surface area contributed by atoms with Crippen LogP contribution in [0.5, 0.6) is 5.75 Å². The van der Waals surface area contributed by atoms with Crippen LogP contribution in [0.3, 0.4) is 0 Å². The molecule has 1 aliphatic rings. The number of oxime groups is 1. The first-order valence-corrected chi connectivity index (χ1v) is 10.3. The molecule has 0 aliphatic carbocycles. The summed E-state index contributed by atoms with van der Waals surface area (Å²) in [7, 11) is 0. The summed E-state index contributed by atoms with van der Waals surface area (Å²) in [5.74, 6) is 0.834. The van der Waals surface area contributed by atoms with Crippen molar-refractivity contribution < 1.29 is 32.3 Å². The number of benzene rings is 2. The van der Waals surface area contributed by atoms with Crippen molar-refractivity contribution in [2.24, 2.45) is 11.1 Å². The van der Waals surface area contributed by atoms with Gasteiger partial charge in [0.1, 0.15) is 12.4 Å². The van der Waals surface area contributed by atoms with Gasteiger partial charge in [0, 0.05) is 19.8 Å². The van der Waals surface area contributed by atoms with Gasteiger partial charge in [-0.05, 0) is 66.3 Å². The molecule has 0 aromatic heterocycles. The van der Waals surface area contributed by atoms with Gasteiger partial charge >= 0.3 is 6.18 Å². The largest absolute Gasteiger partial charge is 0.484 e. The van der Waals surface area contributed by atoms with Gasteiger partial charge in [-0.1, -0.05) is 17.3 Å². The molecule has 0 saturated carbocycles. The van der Waals surface area contributed by atoms with E-state index in [0.717, 1.165) is 43.8 Å². The molecule has 1 saturated heterocycles. The summed E-state index contributed by atoms with van der Waals surface area (Å²) < 4.78 is 48.4. The van der Waals surface area contributed by atoms with Crippen molar-refractivity contribution in [1.82, 2.24) is 5.32 Å². The molecule has 2 aromatic rings. The average Bonchev–Trinajstić information content (AvgIpc) is 2.80. The smallest absolute Gasteiger partial charge is 0.416 e. The number of nitrogens with zero attached hydrogens (tertiary/aromatic N) is 1. The van der Waals surface area contributed by atoms with E-state index in [2.05, 4.69) is 10.5 Å². The number of carbonyl (C=O) groups excluding carboxylic acids is 1. The summed E-state index contributed by atoms with van der Waals surface area (Å²) in [5, 5.41) is 6.70.